The van der Waals surface area contributed by atoms with Gasteiger partial charge in [-0.3, -0.25) is 4.90 Å². The van der Waals surface area contributed by atoms with Crippen LogP contribution in [-0.2, 0) is 6.54 Å². The van der Waals surface area contributed by atoms with E-state index in [0.29, 0.717) is 6.54 Å². The smallest absolute Gasteiger partial charge is 0.173 e. The Morgan fingerprint density at radius 2 is 1.76 bits per heavy atom. The lowest BCUT2D eigenvalue weighted by Gasteiger charge is -2.40. The zero-order valence-corrected chi connectivity index (χ0v) is 19.7. The summed E-state index contributed by atoms with van der Waals surface area (Å²) in [5, 5.41) is 14.8. The highest BCUT2D eigenvalue weighted by Crippen LogP contribution is 2.31. The average Bonchev–Trinajstić information content (AvgIpc) is 3.51. The normalized spacial score (nSPS) is 15.7. The Kier molecular flexibility index (Phi) is 6.20. The highest BCUT2D eigenvalue weighted by atomic mass is 32.1. The molecule has 6 nitrogen and oxygen atoms in total. The number of aryl methyl sites for hydroxylation is 1. The maximum absolute atomic E-state index is 13.7. The fourth-order valence-electron chi connectivity index (χ4n) is 4.54. The number of benzene rings is 2. The molecule has 0 saturated carbocycles. The van der Waals surface area contributed by atoms with Gasteiger partial charge in [-0.2, -0.15) is 0 Å². The summed E-state index contributed by atoms with van der Waals surface area (Å²) in [4.78, 5) is 6.06. The Labute approximate surface area is 197 Å². The van der Waals surface area contributed by atoms with Crippen LogP contribution in [0.4, 0.5) is 10.1 Å². The molecule has 3 heterocycles. The summed E-state index contributed by atoms with van der Waals surface area (Å²) in [5.74, 6) is 0.547. The van der Waals surface area contributed by atoms with Crippen molar-refractivity contribution in [2.75, 3.05) is 31.1 Å². The number of piperazine rings is 1. The molecule has 0 spiro atoms. The van der Waals surface area contributed by atoms with Gasteiger partial charge in [0.2, 0.25) is 0 Å². The Balaban J connectivity index is 1.43. The summed E-state index contributed by atoms with van der Waals surface area (Å²) >= 11 is 1.69. The third kappa shape index (κ3) is 4.54. The lowest BCUT2D eigenvalue weighted by Crippen LogP contribution is -2.48. The van der Waals surface area contributed by atoms with Gasteiger partial charge < -0.3 is 4.90 Å². The SMILES string of the molecule is Cc1cccc(N2CCN(C(c3ccc(F)cc3)c3nnnn3Cc3cccs3)CC2)c1C. The number of hydrogen-bond donors (Lipinski definition) is 0. The van der Waals surface area contributed by atoms with Crippen LogP contribution in [0.1, 0.15) is 33.4 Å². The molecule has 1 aliphatic rings. The maximum atomic E-state index is 13.7. The number of rotatable bonds is 6. The summed E-state index contributed by atoms with van der Waals surface area (Å²) in [5.41, 5.74) is 4.95. The van der Waals surface area contributed by atoms with Gasteiger partial charge in [-0.25, -0.2) is 9.07 Å². The summed E-state index contributed by atoms with van der Waals surface area (Å²) < 4.78 is 15.6. The van der Waals surface area contributed by atoms with Crippen LogP contribution in [0, 0.1) is 19.7 Å². The molecule has 170 valence electrons. The Morgan fingerprint density at radius 1 is 0.970 bits per heavy atom. The standard InChI is InChI=1S/C25H27FN6S/c1-18-5-3-7-23(19(18)2)30-12-14-31(15-13-30)24(20-8-10-21(26)11-9-20)25-27-28-29-32(25)17-22-6-4-16-33-22/h3-11,16,24H,12-15,17H2,1-2H3. The van der Waals surface area contributed by atoms with Crippen molar-refractivity contribution in [1.29, 1.82) is 0 Å². The fourth-order valence-corrected chi connectivity index (χ4v) is 5.22. The van der Waals surface area contributed by atoms with Crippen LogP contribution >= 0.6 is 11.3 Å². The first-order chi connectivity index (χ1) is 16.1. The van der Waals surface area contributed by atoms with E-state index in [1.165, 1.54) is 33.8 Å². The quantitative estimate of drug-likeness (QED) is 0.424. The van der Waals surface area contributed by atoms with Crippen molar-refractivity contribution in [3.8, 4) is 0 Å². The monoisotopic (exact) mass is 462 g/mol. The van der Waals surface area contributed by atoms with E-state index in [0.717, 1.165) is 37.6 Å². The molecule has 0 bridgehead atoms. The van der Waals surface area contributed by atoms with E-state index in [9.17, 15) is 4.39 Å². The summed E-state index contributed by atoms with van der Waals surface area (Å²) in [7, 11) is 0. The first kappa shape index (κ1) is 21.7. The number of tetrazole rings is 1. The molecular weight excluding hydrogens is 435 g/mol. The molecule has 0 radical (unpaired) electrons. The van der Waals surface area contributed by atoms with Crippen LogP contribution in [0.15, 0.2) is 60.0 Å². The van der Waals surface area contributed by atoms with Crippen LogP contribution in [0.3, 0.4) is 0 Å². The largest absolute Gasteiger partial charge is 0.369 e. The van der Waals surface area contributed by atoms with Crippen LogP contribution in [0.25, 0.3) is 0 Å². The summed E-state index contributed by atoms with van der Waals surface area (Å²) in [6.45, 7) is 8.52. The minimum Gasteiger partial charge on any atom is -0.369 e. The molecule has 0 N–H and O–H groups in total. The lowest BCUT2D eigenvalue weighted by atomic mass is 10.0. The minimum absolute atomic E-state index is 0.138. The maximum Gasteiger partial charge on any atom is 0.173 e. The zero-order chi connectivity index (χ0) is 22.8. The van der Waals surface area contributed by atoms with Crippen molar-refractivity contribution >= 4 is 17.0 Å². The van der Waals surface area contributed by atoms with Gasteiger partial charge in [-0.15, -0.1) is 16.4 Å². The number of thiophene rings is 1. The molecule has 5 rings (SSSR count). The molecule has 0 amide bonds. The first-order valence-electron chi connectivity index (χ1n) is 11.2. The van der Waals surface area contributed by atoms with Crippen LogP contribution in [0.2, 0.25) is 0 Å². The van der Waals surface area contributed by atoms with E-state index in [4.69, 9.17) is 0 Å². The third-order valence-electron chi connectivity index (χ3n) is 6.47. The lowest BCUT2D eigenvalue weighted by molar-refractivity contribution is 0.201. The third-order valence-corrected chi connectivity index (χ3v) is 7.33. The molecule has 4 aromatic rings. The minimum atomic E-state index is -0.240. The van der Waals surface area contributed by atoms with E-state index in [1.54, 1.807) is 11.3 Å². The Bertz CT molecular complexity index is 1200. The number of hydrogen-bond acceptors (Lipinski definition) is 6. The molecular formula is C25H27FN6S. The highest BCUT2D eigenvalue weighted by Gasteiger charge is 2.31. The van der Waals surface area contributed by atoms with E-state index < -0.39 is 0 Å². The summed E-state index contributed by atoms with van der Waals surface area (Å²) in [6.07, 6.45) is 0. The topological polar surface area (TPSA) is 50.1 Å². The van der Waals surface area contributed by atoms with Crippen molar-refractivity contribution in [3.63, 3.8) is 0 Å². The van der Waals surface area contributed by atoms with Gasteiger partial charge in [0.25, 0.3) is 0 Å². The molecule has 33 heavy (non-hydrogen) atoms. The van der Waals surface area contributed by atoms with Crippen molar-refractivity contribution in [3.05, 3.63) is 93.2 Å². The van der Waals surface area contributed by atoms with Gasteiger partial charge in [0.1, 0.15) is 5.82 Å². The molecule has 1 saturated heterocycles. The molecule has 1 unspecified atom stereocenters. The second kappa shape index (κ2) is 9.41. The van der Waals surface area contributed by atoms with Crippen LogP contribution in [-0.4, -0.2) is 51.3 Å². The van der Waals surface area contributed by atoms with Crippen molar-refractivity contribution in [1.82, 2.24) is 25.1 Å². The van der Waals surface area contributed by atoms with Gasteiger partial charge in [0.15, 0.2) is 5.82 Å². The van der Waals surface area contributed by atoms with Crippen LogP contribution in [0.5, 0.6) is 0 Å². The molecule has 0 aliphatic carbocycles. The molecule has 1 atom stereocenters. The predicted molar refractivity (Wildman–Crippen MR) is 129 cm³/mol. The van der Waals surface area contributed by atoms with E-state index in [2.05, 4.69) is 68.8 Å². The van der Waals surface area contributed by atoms with Gasteiger partial charge >= 0.3 is 0 Å². The number of anilines is 1. The highest BCUT2D eigenvalue weighted by molar-refractivity contribution is 7.09. The molecule has 2 aromatic carbocycles. The van der Waals surface area contributed by atoms with Gasteiger partial charge in [0.05, 0.1) is 12.6 Å². The molecule has 8 heteroatoms. The van der Waals surface area contributed by atoms with Gasteiger partial charge in [-0.1, -0.05) is 30.3 Å². The fraction of sp³-hybridized carbons (Fsp3) is 0.320. The second-order valence-electron chi connectivity index (χ2n) is 8.47. The molecule has 1 aliphatic heterocycles. The van der Waals surface area contributed by atoms with Gasteiger partial charge in [0, 0.05) is 36.7 Å². The predicted octanol–water partition coefficient (Wildman–Crippen LogP) is 4.45. The molecule has 1 fully saturated rings. The average molecular weight is 463 g/mol. The van der Waals surface area contributed by atoms with E-state index >= 15 is 0 Å². The first-order valence-corrected chi connectivity index (χ1v) is 12.1. The van der Waals surface area contributed by atoms with Crippen molar-refractivity contribution in [2.24, 2.45) is 0 Å². The Morgan fingerprint density at radius 3 is 2.48 bits per heavy atom. The second-order valence-corrected chi connectivity index (χ2v) is 9.50. The van der Waals surface area contributed by atoms with Crippen molar-refractivity contribution < 1.29 is 4.39 Å². The van der Waals surface area contributed by atoms with E-state index in [1.807, 2.05) is 22.9 Å². The van der Waals surface area contributed by atoms with Gasteiger partial charge in [-0.05, 0) is 70.6 Å². The summed E-state index contributed by atoms with van der Waals surface area (Å²) in [6, 6.07) is 17.2. The zero-order valence-electron chi connectivity index (χ0n) is 18.9. The molecule has 2 aromatic heterocycles. The number of nitrogens with zero attached hydrogens (tertiary/aromatic N) is 6. The Hall–Kier alpha value is -3.10. The number of aromatic nitrogens is 4. The van der Waals surface area contributed by atoms with E-state index in [-0.39, 0.29) is 11.9 Å². The van der Waals surface area contributed by atoms with Crippen LogP contribution < -0.4 is 4.90 Å². The number of halogens is 1. The van der Waals surface area contributed by atoms with Crippen molar-refractivity contribution in [2.45, 2.75) is 26.4 Å².